The molecule has 0 radical (unpaired) electrons. The van der Waals surface area contributed by atoms with E-state index < -0.39 is 0 Å². The third-order valence-corrected chi connectivity index (χ3v) is 6.29. The Kier molecular flexibility index (Phi) is 5.25. The van der Waals surface area contributed by atoms with Crippen LogP contribution in [0.1, 0.15) is 41.7 Å². The molecule has 0 aliphatic carbocycles. The SMILES string of the molecule is CCN1C(=S)N[C@H](c2ccccn2)[C@@H]1c1cc(C)n(-c2ccc(Br)cc2)c1C. The second-order valence-corrected chi connectivity index (χ2v) is 8.35. The lowest BCUT2D eigenvalue weighted by Gasteiger charge is -2.27. The molecule has 0 bridgehead atoms. The van der Waals surface area contributed by atoms with E-state index in [1.807, 2.05) is 18.3 Å². The minimum Gasteiger partial charge on any atom is -0.352 e. The quantitative estimate of drug-likeness (QED) is 0.546. The van der Waals surface area contributed by atoms with Crippen LogP contribution >= 0.6 is 28.1 Å². The number of hydrogen-bond donors (Lipinski definition) is 1. The van der Waals surface area contributed by atoms with Crippen LogP contribution in [0.15, 0.2) is 59.2 Å². The van der Waals surface area contributed by atoms with Crippen molar-refractivity contribution >= 4 is 33.3 Å². The van der Waals surface area contributed by atoms with Gasteiger partial charge in [0.1, 0.15) is 0 Å². The smallest absolute Gasteiger partial charge is 0.170 e. The van der Waals surface area contributed by atoms with Crippen molar-refractivity contribution in [3.8, 4) is 5.69 Å². The maximum absolute atomic E-state index is 5.66. The lowest BCUT2D eigenvalue weighted by molar-refractivity contribution is 0.329. The standard InChI is InChI=1S/C22H23BrN4S/c1-4-26-21(20(25-22(26)28)19-7-5-6-12-24-19)18-13-14(2)27(15(18)3)17-10-8-16(23)9-11-17/h5-13,20-21H,4H2,1-3H3,(H,25,28)/t20-,21+/m1/s1. The molecule has 3 heterocycles. The molecule has 1 N–H and O–H groups in total. The van der Waals surface area contributed by atoms with Crippen LogP contribution in [0.25, 0.3) is 5.69 Å². The van der Waals surface area contributed by atoms with Crippen LogP contribution in [0.2, 0.25) is 0 Å². The van der Waals surface area contributed by atoms with Crippen molar-refractivity contribution in [2.45, 2.75) is 32.9 Å². The van der Waals surface area contributed by atoms with Crippen molar-refractivity contribution < 1.29 is 0 Å². The molecule has 4 rings (SSSR count). The number of aromatic nitrogens is 2. The highest BCUT2D eigenvalue weighted by molar-refractivity contribution is 9.10. The molecule has 1 saturated heterocycles. The average molecular weight is 455 g/mol. The van der Waals surface area contributed by atoms with Gasteiger partial charge in [0.15, 0.2) is 5.11 Å². The Bertz CT molecular complexity index is 997. The fourth-order valence-electron chi connectivity index (χ4n) is 4.16. The van der Waals surface area contributed by atoms with Crippen LogP contribution in [0.3, 0.4) is 0 Å². The molecule has 1 aliphatic heterocycles. The van der Waals surface area contributed by atoms with Gasteiger partial charge in [-0.25, -0.2) is 0 Å². The summed E-state index contributed by atoms with van der Waals surface area (Å²) in [5, 5.41) is 4.29. The van der Waals surface area contributed by atoms with Crippen LogP contribution in [0.5, 0.6) is 0 Å². The maximum atomic E-state index is 5.66. The Morgan fingerprint density at radius 3 is 2.54 bits per heavy atom. The minimum atomic E-state index is 0.0347. The molecule has 28 heavy (non-hydrogen) atoms. The minimum absolute atomic E-state index is 0.0347. The van der Waals surface area contributed by atoms with Gasteiger partial charge in [-0.05, 0) is 81.0 Å². The Labute approximate surface area is 179 Å². The van der Waals surface area contributed by atoms with Gasteiger partial charge >= 0.3 is 0 Å². The van der Waals surface area contributed by atoms with Gasteiger partial charge in [-0.1, -0.05) is 22.0 Å². The number of nitrogens with one attached hydrogen (secondary N) is 1. The highest BCUT2D eigenvalue weighted by Gasteiger charge is 2.40. The second kappa shape index (κ2) is 7.68. The third-order valence-electron chi connectivity index (χ3n) is 5.41. The molecule has 0 amide bonds. The number of pyridine rings is 1. The summed E-state index contributed by atoms with van der Waals surface area (Å²) in [6.45, 7) is 7.35. The summed E-state index contributed by atoms with van der Waals surface area (Å²) in [4.78, 5) is 6.87. The first kappa shape index (κ1) is 19.2. The number of likely N-dealkylation sites (N-methyl/N-ethyl adjacent to an activating group) is 1. The van der Waals surface area contributed by atoms with Crippen molar-refractivity contribution in [2.75, 3.05) is 6.54 Å². The van der Waals surface area contributed by atoms with Gasteiger partial charge in [0.2, 0.25) is 0 Å². The van der Waals surface area contributed by atoms with Gasteiger partial charge in [-0.2, -0.15) is 0 Å². The van der Waals surface area contributed by atoms with E-state index in [1.54, 1.807) is 0 Å². The molecule has 2 aromatic heterocycles. The summed E-state index contributed by atoms with van der Waals surface area (Å²) in [7, 11) is 0. The monoisotopic (exact) mass is 454 g/mol. The average Bonchev–Trinajstić information content (AvgIpc) is 3.18. The zero-order valence-corrected chi connectivity index (χ0v) is 18.6. The van der Waals surface area contributed by atoms with Crippen molar-refractivity contribution in [3.63, 3.8) is 0 Å². The fourth-order valence-corrected chi connectivity index (χ4v) is 4.79. The Hall–Kier alpha value is -2.18. The molecular weight excluding hydrogens is 432 g/mol. The van der Waals surface area contributed by atoms with Crippen LogP contribution in [0.4, 0.5) is 0 Å². The van der Waals surface area contributed by atoms with Gasteiger partial charge in [-0.3, -0.25) is 4.98 Å². The molecule has 144 valence electrons. The molecule has 4 nitrogen and oxygen atoms in total. The van der Waals surface area contributed by atoms with Gasteiger partial charge < -0.3 is 14.8 Å². The Balaban J connectivity index is 1.82. The molecule has 0 unspecified atom stereocenters. The van der Waals surface area contributed by atoms with Gasteiger partial charge in [0, 0.05) is 34.3 Å². The van der Waals surface area contributed by atoms with E-state index in [0.29, 0.717) is 0 Å². The van der Waals surface area contributed by atoms with Crippen molar-refractivity contribution in [2.24, 2.45) is 0 Å². The normalized spacial score (nSPS) is 19.1. The molecule has 1 aliphatic rings. The molecule has 0 spiro atoms. The van der Waals surface area contributed by atoms with E-state index in [9.17, 15) is 0 Å². The van der Waals surface area contributed by atoms with Gasteiger partial charge in [0.25, 0.3) is 0 Å². The van der Waals surface area contributed by atoms with E-state index in [0.717, 1.165) is 27.5 Å². The number of benzene rings is 1. The molecule has 3 aromatic rings. The number of thiocarbonyl (C=S) groups is 1. The first-order chi connectivity index (χ1) is 13.5. The number of halogens is 1. The summed E-state index contributed by atoms with van der Waals surface area (Å²) in [6.07, 6.45) is 1.84. The largest absolute Gasteiger partial charge is 0.352 e. The molecule has 1 aromatic carbocycles. The Morgan fingerprint density at radius 2 is 1.89 bits per heavy atom. The van der Waals surface area contributed by atoms with Gasteiger partial charge in [0.05, 0.1) is 17.8 Å². The molecule has 1 fully saturated rings. The zero-order chi connectivity index (χ0) is 19.8. The van der Waals surface area contributed by atoms with Crippen LogP contribution in [-0.2, 0) is 0 Å². The third kappa shape index (κ3) is 3.25. The summed E-state index contributed by atoms with van der Waals surface area (Å²) >= 11 is 9.19. The van der Waals surface area contributed by atoms with E-state index in [4.69, 9.17) is 12.2 Å². The highest BCUT2D eigenvalue weighted by Crippen LogP contribution is 2.41. The second-order valence-electron chi connectivity index (χ2n) is 7.05. The van der Waals surface area contributed by atoms with E-state index in [2.05, 4.69) is 92.9 Å². The summed E-state index contributed by atoms with van der Waals surface area (Å²) < 4.78 is 3.39. The van der Waals surface area contributed by atoms with Crippen LogP contribution < -0.4 is 5.32 Å². The predicted molar refractivity (Wildman–Crippen MR) is 121 cm³/mol. The van der Waals surface area contributed by atoms with Crippen molar-refractivity contribution in [3.05, 3.63) is 81.8 Å². The molecule has 2 atom stereocenters. The summed E-state index contributed by atoms with van der Waals surface area (Å²) in [6, 6.07) is 16.9. The van der Waals surface area contributed by atoms with Crippen molar-refractivity contribution in [1.29, 1.82) is 0 Å². The van der Waals surface area contributed by atoms with E-state index in [1.165, 1.54) is 17.0 Å². The first-order valence-electron chi connectivity index (χ1n) is 9.44. The lowest BCUT2D eigenvalue weighted by atomic mass is 9.97. The van der Waals surface area contributed by atoms with Crippen molar-refractivity contribution in [1.82, 2.24) is 19.8 Å². The van der Waals surface area contributed by atoms with E-state index in [-0.39, 0.29) is 12.1 Å². The van der Waals surface area contributed by atoms with Crippen LogP contribution in [-0.4, -0.2) is 26.1 Å². The highest BCUT2D eigenvalue weighted by atomic mass is 79.9. The molecule has 6 heteroatoms. The van der Waals surface area contributed by atoms with E-state index >= 15 is 0 Å². The number of aryl methyl sites for hydroxylation is 1. The summed E-state index contributed by atoms with van der Waals surface area (Å²) in [5.74, 6) is 0. The fraction of sp³-hybridized carbons (Fsp3) is 0.273. The molecular formula is C22H23BrN4S. The molecule has 0 saturated carbocycles. The zero-order valence-electron chi connectivity index (χ0n) is 16.2. The number of nitrogens with zero attached hydrogens (tertiary/aromatic N) is 3. The number of hydrogen-bond acceptors (Lipinski definition) is 2. The van der Waals surface area contributed by atoms with Gasteiger partial charge in [-0.15, -0.1) is 0 Å². The first-order valence-corrected chi connectivity index (χ1v) is 10.6. The lowest BCUT2D eigenvalue weighted by Crippen LogP contribution is -2.29. The number of rotatable bonds is 4. The topological polar surface area (TPSA) is 33.1 Å². The maximum Gasteiger partial charge on any atom is 0.170 e. The predicted octanol–water partition coefficient (Wildman–Crippen LogP) is 5.24. The Morgan fingerprint density at radius 1 is 1.14 bits per heavy atom. The summed E-state index contributed by atoms with van der Waals surface area (Å²) in [5.41, 5.74) is 5.90. The van der Waals surface area contributed by atoms with Crippen LogP contribution in [0, 0.1) is 13.8 Å².